The zero-order valence-corrected chi connectivity index (χ0v) is 32.0. The fourth-order valence-corrected chi connectivity index (χ4v) is 7.25. The maximum atomic E-state index is 15.3. The van der Waals surface area contributed by atoms with Crippen LogP contribution in [-0.4, -0.2) is 71.5 Å². The fourth-order valence-electron chi connectivity index (χ4n) is 7.25. The highest BCUT2D eigenvalue weighted by Crippen LogP contribution is 2.31. The summed E-state index contributed by atoms with van der Waals surface area (Å²) in [7, 11) is 0. The molecule has 0 unspecified atom stereocenters. The lowest BCUT2D eigenvalue weighted by atomic mass is 9.90. The summed E-state index contributed by atoms with van der Waals surface area (Å²) >= 11 is 0. The van der Waals surface area contributed by atoms with Gasteiger partial charge in [-0.2, -0.15) is 10.1 Å². The number of likely N-dealkylation sites (tertiary alicyclic amines) is 1. The molecule has 0 bridgehead atoms. The predicted octanol–water partition coefficient (Wildman–Crippen LogP) is 5.80. The minimum absolute atomic E-state index is 0.0473. The smallest absolute Gasteiger partial charge is 0.292 e. The van der Waals surface area contributed by atoms with Gasteiger partial charge < -0.3 is 15.2 Å². The van der Waals surface area contributed by atoms with E-state index in [0.717, 1.165) is 49.1 Å². The van der Waals surface area contributed by atoms with Crippen molar-refractivity contribution in [1.29, 1.82) is 0 Å². The Morgan fingerprint density at radius 3 is 2.46 bits per heavy atom. The third kappa shape index (κ3) is 8.43. The number of aromatic nitrogens is 6. The summed E-state index contributed by atoms with van der Waals surface area (Å²) in [6, 6.07) is 18.9. The summed E-state index contributed by atoms with van der Waals surface area (Å²) in [6.45, 7) is 8.47. The predicted molar refractivity (Wildman–Crippen MR) is 209 cm³/mol. The van der Waals surface area contributed by atoms with Crippen LogP contribution in [0.25, 0.3) is 27.9 Å². The maximum absolute atomic E-state index is 15.3. The number of carbonyl (C=O) groups is 3. The average molecular weight is 771 g/mol. The Labute approximate surface area is 328 Å². The SMILES string of the molecule is CC(C)(C)c1nc(C(=O)NCc2ccc(-c3ncnn4cc(-c5ccc(CN6CCC(c7ccc(N[C@H]8CCC(=O)NC8=O)nc7)CC6)cc5)cc34)cc2F)no1. The third-order valence-corrected chi connectivity index (χ3v) is 10.5. The number of benzene rings is 2. The standard InChI is InChI=1S/C42H43FN10O4/c1-42(2,3)41-50-38(51-57-41)40(56)45-21-30-9-8-28(18-32(30)43)37-34-19-31(23-53(34)47-24-46-37)26-6-4-25(5-7-26)22-52-16-14-27(15-17-52)29-10-12-35(44-20-29)48-33-11-13-36(54)49-39(33)55/h4-10,12,18-20,23-24,27,33H,11,13-17,21-22H2,1-3H3,(H,44,48)(H,45,56)(H,49,54,55)/t33-/m0/s1. The van der Waals surface area contributed by atoms with Gasteiger partial charge in [0, 0.05) is 54.0 Å². The highest BCUT2D eigenvalue weighted by Gasteiger charge is 2.28. The van der Waals surface area contributed by atoms with Gasteiger partial charge in [-0.3, -0.25) is 24.6 Å². The molecular weight excluding hydrogens is 728 g/mol. The van der Waals surface area contributed by atoms with Crippen LogP contribution in [0.3, 0.4) is 0 Å². The molecule has 2 aromatic carbocycles. The van der Waals surface area contributed by atoms with E-state index in [1.807, 2.05) is 45.3 Å². The number of hydrogen-bond acceptors (Lipinski definition) is 11. The topological polar surface area (TPSA) is 173 Å². The van der Waals surface area contributed by atoms with E-state index in [0.29, 0.717) is 47.3 Å². The van der Waals surface area contributed by atoms with Gasteiger partial charge in [-0.1, -0.05) is 68.4 Å². The molecule has 6 heterocycles. The number of pyridine rings is 1. The van der Waals surface area contributed by atoms with Crippen LogP contribution in [0.4, 0.5) is 10.2 Å². The Hall–Kier alpha value is -6.35. The second kappa shape index (κ2) is 15.7. The van der Waals surface area contributed by atoms with Gasteiger partial charge in [-0.25, -0.2) is 18.9 Å². The van der Waals surface area contributed by atoms with Crippen LogP contribution in [0.15, 0.2) is 83.9 Å². The van der Waals surface area contributed by atoms with Crippen molar-refractivity contribution in [2.75, 3.05) is 18.4 Å². The second-order valence-electron chi connectivity index (χ2n) is 15.7. The van der Waals surface area contributed by atoms with Gasteiger partial charge in [-0.05, 0) is 73.2 Å². The number of halogens is 1. The maximum Gasteiger partial charge on any atom is 0.292 e. The average Bonchev–Trinajstić information content (AvgIpc) is 3.89. The first-order chi connectivity index (χ1) is 27.5. The molecule has 4 aromatic heterocycles. The number of rotatable bonds is 10. The van der Waals surface area contributed by atoms with E-state index in [1.165, 1.54) is 23.5 Å². The summed E-state index contributed by atoms with van der Waals surface area (Å²) in [5.41, 5.74) is 6.24. The van der Waals surface area contributed by atoms with Crippen molar-refractivity contribution >= 4 is 29.1 Å². The highest BCUT2D eigenvalue weighted by molar-refractivity contribution is 6.01. The van der Waals surface area contributed by atoms with E-state index in [1.54, 1.807) is 16.6 Å². The number of anilines is 1. The van der Waals surface area contributed by atoms with Crippen molar-refractivity contribution in [3.05, 3.63) is 114 Å². The number of piperidine rings is 2. The molecule has 15 heteroatoms. The first kappa shape index (κ1) is 37.6. The monoisotopic (exact) mass is 770 g/mol. The van der Waals surface area contributed by atoms with Gasteiger partial charge in [0.05, 0.1) is 11.2 Å². The van der Waals surface area contributed by atoms with Crippen LogP contribution in [0.5, 0.6) is 0 Å². The molecule has 0 saturated carbocycles. The molecule has 0 spiro atoms. The van der Waals surface area contributed by atoms with Crippen molar-refractivity contribution in [3.8, 4) is 22.4 Å². The number of amides is 3. The molecule has 3 N–H and O–H groups in total. The van der Waals surface area contributed by atoms with Crippen molar-refractivity contribution in [3.63, 3.8) is 0 Å². The molecule has 14 nitrogen and oxygen atoms in total. The molecule has 1 atom stereocenters. The lowest BCUT2D eigenvalue weighted by Crippen LogP contribution is -2.47. The van der Waals surface area contributed by atoms with Crippen LogP contribution < -0.4 is 16.0 Å². The van der Waals surface area contributed by atoms with E-state index in [4.69, 9.17) is 4.52 Å². The molecule has 0 aliphatic carbocycles. The van der Waals surface area contributed by atoms with Gasteiger partial charge in [0.2, 0.25) is 17.7 Å². The van der Waals surface area contributed by atoms with Crippen LogP contribution in [0.1, 0.15) is 85.6 Å². The number of hydrogen-bond donors (Lipinski definition) is 3. The van der Waals surface area contributed by atoms with Crippen molar-refractivity contribution in [2.24, 2.45) is 0 Å². The van der Waals surface area contributed by atoms with Gasteiger partial charge in [0.25, 0.3) is 11.7 Å². The molecule has 2 saturated heterocycles. The quantitative estimate of drug-likeness (QED) is 0.144. The molecule has 8 rings (SSSR count). The number of nitrogens with zero attached hydrogens (tertiary/aromatic N) is 7. The zero-order valence-electron chi connectivity index (χ0n) is 32.0. The molecule has 2 fully saturated rings. The number of nitrogens with one attached hydrogen (secondary N) is 3. The van der Waals surface area contributed by atoms with E-state index in [2.05, 4.69) is 76.4 Å². The second-order valence-corrected chi connectivity index (χ2v) is 15.7. The molecule has 57 heavy (non-hydrogen) atoms. The summed E-state index contributed by atoms with van der Waals surface area (Å²) < 4.78 is 22.3. The Morgan fingerprint density at radius 1 is 0.965 bits per heavy atom. The van der Waals surface area contributed by atoms with Crippen molar-refractivity contribution < 1.29 is 23.3 Å². The molecule has 2 aliphatic heterocycles. The highest BCUT2D eigenvalue weighted by atomic mass is 19.1. The molecule has 2 aliphatic rings. The van der Waals surface area contributed by atoms with Crippen molar-refractivity contribution in [1.82, 2.24) is 45.3 Å². The first-order valence-corrected chi connectivity index (χ1v) is 19.1. The van der Waals surface area contributed by atoms with Crippen LogP contribution in [0.2, 0.25) is 0 Å². The summed E-state index contributed by atoms with van der Waals surface area (Å²) in [5.74, 6) is -0.268. The first-order valence-electron chi connectivity index (χ1n) is 19.1. The fraction of sp³-hybridized carbons (Fsp3) is 0.333. The van der Waals surface area contributed by atoms with Gasteiger partial charge in [-0.15, -0.1) is 0 Å². The Morgan fingerprint density at radius 2 is 1.75 bits per heavy atom. The summed E-state index contributed by atoms with van der Waals surface area (Å²) in [4.78, 5) is 51.8. The zero-order chi connectivity index (χ0) is 39.7. The number of carbonyl (C=O) groups excluding carboxylic acids is 3. The Bertz CT molecular complexity index is 2430. The lowest BCUT2D eigenvalue weighted by Gasteiger charge is -2.32. The molecular formula is C42H43FN10O4. The van der Waals surface area contributed by atoms with Crippen molar-refractivity contribution in [2.45, 2.75) is 76.9 Å². The largest absolute Gasteiger partial charge is 0.358 e. The molecule has 6 aromatic rings. The lowest BCUT2D eigenvalue weighted by molar-refractivity contribution is -0.133. The van der Waals surface area contributed by atoms with Crippen LogP contribution in [-0.2, 0) is 28.1 Å². The minimum Gasteiger partial charge on any atom is -0.358 e. The van der Waals surface area contributed by atoms with E-state index in [-0.39, 0.29) is 24.2 Å². The molecule has 3 amide bonds. The van der Waals surface area contributed by atoms with Gasteiger partial charge in [0.1, 0.15) is 24.0 Å². The number of imide groups is 1. The Kier molecular flexibility index (Phi) is 10.3. The summed E-state index contributed by atoms with van der Waals surface area (Å²) in [6.07, 6.45) is 8.14. The number of fused-ring (bicyclic) bond motifs is 1. The summed E-state index contributed by atoms with van der Waals surface area (Å²) in [5, 5.41) is 16.3. The van der Waals surface area contributed by atoms with Gasteiger partial charge >= 0.3 is 0 Å². The minimum atomic E-state index is -0.550. The normalized spacial score (nSPS) is 16.8. The van der Waals surface area contributed by atoms with Crippen LogP contribution >= 0.6 is 0 Å². The van der Waals surface area contributed by atoms with Crippen LogP contribution in [0, 0.1) is 5.82 Å². The van der Waals surface area contributed by atoms with E-state index in [9.17, 15) is 14.4 Å². The van der Waals surface area contributed by atoms with E-state index < -0.39 is 23.2 Å². The van der Waals surface area contributed by atoms with Gasteiger partial charge in [0.15, 0.2) is 0 Å². The molecule has 292 valence electrons. The van der Waals surface area contributed by atoms with E-state index >= 15 is 4.39 Å². The molecule has 0 radical (unpaired) electrons. The Balaban J connectivity index is 0.858. The third-order valence-electron chi connectivity index (χ3n) is 10.5.